The molecule has 0 fully saturated rings. The van der Waals surface area contributed by atoms with Crippen molar-refractivity contribution in [3.05, 3.63) is 0 Å². The maximum atomic E-state index is 2.68. The predicted octanol–water partition coefficient (Wildman–Crippen LogP) is 11.0. The lowest BCUT2D eigenvalue weighted by Crippen LogP contribution is -1.77. The third kappa shape index (κ3) is 1670. The summed E-state index contributed by atoms with van der Waals surface area (Å²) in [5.74, 6) is 6.25. The lowest BCUT2D eigenvalue weighted by atomic mass is 10.2. The van der Waals surface area contributed by atoms with Crippen LogP contribution in [0.25, 0.3) is 0 Å². The Morgan fingerprint density at radius 2 is 0.560 bits per heavy atom. The summed E-state index contributed by atoms with van der Waals surface area (Å²) in [6.07, 6.45) is 3.81. The fourth-order valence-corrected chi connectivity index (χ4v) is 0. The van der Waals surface area contributed by atoms with Crippen LogP contribution >= 0.6 is 0 Å². The van der Waals surface area contributed by atoms with Crippen molar-refractivity contribution in [3.8, 4) is 11.8 Å². The van der Waals surface area contributed by atoms with Crippen molar-refractivity contribution in [1.82, 2.24) is 0 Å². The first-order valence-electron chi connectivity index (χ1n) is 11.3. The normalized spacial score (nSPS) is 5.12. The Labute approximate surface area is 169 Å². The number of hydrogen-bond donors (Lipinski definition) is 0. The zero-order valence-electron chi connectivity index (χ0n) is 22.7. The minimum Gasteiger partial charge on any atom is -0.107 e. The zero-order chi connectivity index (χ0) is 23.1. The molecule has 0 N–H and O–H groups in total. The van der Waals surface area contributed by atoms with Gasteiger partial charge in [0.2, 0.25) is 0 Å². The van der Waals surface area contributed by atoms with Gasteiger partial charge in [-0.05, 0) is 19.8 Å². The first-order chi connectivity index (χ1) is 12.0. The van der Waals surface area contributed by atoms with Crippen molar-refractivity contribution in [2.75, 3.05) is 0 Å². The smallest absolute Gasteiger partial charge is 0.00271 e. The summed E-state index contributed by atoms with van der Waals surface area (Å²) in [6.45, 7) is 38.8. The van der Waals surface area contributed by atoms with Gasteiger partial charge in [-0.1, -0.05) is 137 Å². The molecule has 0 aromatic heterocycles. The predicted molar refractivity (Wildman–Crippen MR) is 133 cm³/mol. The SMILES string of the molecule is CC.CC.CC.CC.CC.CC#CC.CCC.CCC.CCC(C)C. The standard InChI is InChI=1S/C5H12.C4H6.2C3H8.5C2H6/c1-4-5(2)3;1-3-4-2;2*1-3-2;5*1-2/h5H,4H2,1-3H3;1-2H3;2*3H2,1-2H3;5*1-2H3. The Morgan fingerprint density at radius 1 is 0.480 bits per heavy atom. The molecule has 0 aromatic rings. The highest BCUT2D eigenvalue weighted by atomic mass is 13.9. The highest BCUT2D eigenvalue weighted by molar-refractivity contribution is 4.89. The van der Waals surface area contributed by atoms with E-state index in [0.717, 1.165) is 5.92 Å². The molecule has 0 spiro atoms. The van der Waals surface area contributed by atoms with E-state index in [1.54, 1.807) is 0 Å². The Kier molecular flexibility index (Phi) is 473. The molecule has 0 aliphatic rings. The lowest BCUT2D eigenvalue weighted by Gasteiger charge is -1.90. The molecule has 0 rings (SSSR count). The van der Waals surface area contributed by atoms with Crippen LogP contribution < -0.4 is 0 Å². The van der Waals surface area contributed by atoms with Crippen molar-refractivity contribution in [3.63, 3.8) is 0 Å². The van der Waals surface area contributed by atoms with Crippen LogP contribution in [0, 0.1) is 17.8 Å². The first-order valence-corrected chi connectivity index (χ1v) is 11.3. The molecule has 0 heterocycles. The quantitative estimate of drug-likeness (QED) is 0.406. The highest BCUT2D eigenvalue weighted by Gasteiger charge is 1.80. The summed E-state index contributed by atoms with van der Waals surface area (Å²) in [5, 5.41) is 0. The average Bonchev–Trinajstić information content (AvgIpc) is 2.71. The van der Waals surface area contributed by atoms with Crippen LogP contribution in [0.2, 0.25) is 0 Å². The maximum Gasteiger partial charge on any atom is -0.00271 e. The summed E-state index contributed by atoms with van der Waals surface area (Å²) < 4.78 is 0. The van der Waals surface area contributed by atoms with Crippen LogP contribution in [0.15, 0.2) is 0 Å². The summed E-state index contributed by atoms with van der Waals surface area (Å²) in [5.41, 5.74) is 0. The molecule has 0 saturated heterocycles. The molecule has 0 saturated carbocycles. The minimum atomic E-state index is 0.884. The second-order valence-corrected chi connectivity index (χ2v) is 3.72. The summed E-state index contributed by atoms with van der Waals surface area (Å²) in [4.78, 5) is 0. The van der Waals surface area contributed by atoms with Crippen molar-refractivity contribution in [1.29, 1.82) is 0 Å². The van der Waals surface area contributed by atoms with Crippen LogP contribution in [0.5, 0.6) is 0 Å². The molecule has 0 aliphatic heterocycles. The summed E-state index contributed by atoms with van der Waals surface area (Å²) in [6, 6.07) is 0. The van der Waals surface area contributed by atoms with Gasteiger partial charge in [0, 0.05) is 0 Å². The molecule has 0 atom stereocenters. The molecule has 0 bridgehead atoms. The van der Waals surface area contributed by atoms with Gasteiger partial charge in [0.15, 0.2) is 0 Å². The first kappa shape index (κ1) is 56.3. The van der Waals surface area contributed by atoms with E-state index in [2.05, 4.69) is 60.3 Å². The van der Waals surface area contributed by atoms with Gasteiger partial charge in [-0.15, -0.1) is 11.8 Å². The largest absolute Gasteiger partial charge is 0.107 e. The van der Waals surface area contributed by atoms with Gasteiger partial charge >= 0.3 is 0 Å². The van der Waals surface area contributed by atoms with Gasteiger partial charge in [-0.2, -0.15) is 0 Å². The van der Waals surface area contributed by atoms with Crippen molar-refractivity contribution in [2.24, 2.45) is 5.92 Å². The van der Waals surface area contributed by atoms with Crippen LogP contribution in [0.3, 0.4) is 0 Å². The van der Waals surface area contributed by atoms with Crippen molar-refractivity contribution < 1.29 is 0 Å². The molecule has 0 amide bonds. The number of rotatable bonds is 1. The Balaban J connectivity index is -0.0000000170. The van der Waals surface area contributed by atoms with Crippen LogP contribution in [0.1, 0.15) is 151 Å². The van der Waals surface area contributed by atoms with Gasteiger partial charge in [-0.3, -0.25) is 0 Å². The zero-order valence-corrected chi connectivity index (χ0v) is 22.7. The third-order valence-corrected chi connectivity index (χ3v) is 1.07. The molecular formula is C25H64. The van der Waals surface area contributed by atoms with E-state index in [1.165, 1.54) is 19.3 Å². The van der Waals surface area contributed by atoms with E-state index in [9.17, 15) is 0 Å². The van der Waals surface area contributed by atoms with Crippen molar-refractivity contribution in [2.45, 2.75) is 151 Å². The monoisotopic (exact) mass is 365 g/mol. The third-order valence-electron chi connectivity index (χ3n) is 1.07. The highest BCUT2D eigenvalue weighted by Crippen LogP contribution is 1.93. The molecular weight excluding hydrogens is 300 g/mol. The molecule has 0 aliphatic carbocycles. The second kappa shape index (κ2) is 210. The summed E-state index contributed by atoms with van der Waals surface area (Å²) in [7, 11) is 0. The van der Waals surface area contributed by atoms with Gasteiger partial charge in [-0.25, -0.2) is 0 Å². The van der Waals surface area contributed by atoms with Gasteiger partial charge in [0.1, 0.15) is 0 Å². The van der Waals surface area contributed by atoms with E-state index in [0.29, 0.717) is 0 Å². The van der Waals surface area contributed by atoms with E-state index in [1.807, 2.05) is 83.1 Å². The summed E-state index contributed by atoms with van der Waals surface area (Å²) >= 11 is 0. The number of hydrogen-bond acceptors (Lipinski definition) is 0. The fraction of sp³-hybridized carbons (Fsp3) is 0.920. The Bertz CT molecular complexity index is 92.9. The Morgan fingerprint density at radius 3 is 0.560 bits per heavy atom. The van der Waals surface area contributed by atoms with Gasteiger partial charge in [0.25, 0.3) is 0 Å². The topological polar surface area (TPSA) is 0 Å². The van der Waals surface area contributed by atoms with E-state index >= 15 is 0 Å². The van der Waals surface area contributed by atoms with E-state index < -0.39 is 0 Å². The lowest BCUT2D eigenvalue weighted by molar-refractivity contribution is 0.626. The maximum absolute atomic E-state index is 2.68. The van der Waals surface area contributed by atoms with Crippen LogP contribution in [-0.4, -0.2) is 0 Å². The minimum absolute atomic E-state index is 0.884. The van der Waals surface area contributed by atoms with Crippen molar-refractivity contribution >= 4 is 0 Å². The molecule has 164 valence electrons. The van der Waals surface area contributed by atoms with E-state index in [4.69, 9.17) is 0 Å². The molecule has 0 heteroatoms. The average molecular weight is 365 g/mol. The second-order valence-electron chi connectivity index (χ2n) is 3.72. The van der Waals surface area contributed by atoms with Gasteiger partial charge in [0.05, 0.1) is 0 Å². The van der Waals surface area contributed by atoms with E-state index in [-0.39, 0.29) is 0 Å². The molecule has 0 unspecified atom stereocenters. The van der Waals surface area contributed by atoms with Crippen LogP contribution in [0.4, 0.5) is 0 Å². The fourth-order valence-electron chi connectivity index (χ4n) is 0. The molecule has 25 heavy (non-hydrogen) atoms. The van der Waals surface area contributed by atoms with Crippen LogP contribution in [-0.2, 0) is 0 Å². The Hall–Kier alpha value is -0.440. The molecule has 0 radical (unpaired) electrons. The van der Waals surface area contributed by atoms with Gasteiger partial charge < -0.3 is 0 Å². The molecule has 0 nitrogen and oxygen atoms in total. The molecule has 0 aromatic carbocycles.